The highest BCUT2D eigenvalue weighted by Gasteiger charge is 2.22. The number of hydrogen-bond acceptors (Lipinski definition) is 5. The normalized spacial score (nSPS) is 11.5. The minimum atomic E-state index is -0.886. The molecular formula is C17H17FN2O4. The van der Waals surface area contributed by atoms with Gasteiger partial charge >= 0.3 is 5.97 Å². The second kappa shape index (κ2) is 8.05. The lowest BCUT2D eigenvalue weighted by Gasteiger charge is -2.16. The maximum absolute atomic E-state index is 12.9. The van der Waals surface area contributed by atoms with Crippen molar-refractivity contribution in [2.75, 3.05) is 14.2 Å². The first-order chi connectivity index (χ1) is 11.5. The lowest BCUT2D eigenvalue weighted by Crippen LogP contribution is -2.43. The summed E-state index contributed by atoms with van der Waals surface area (Å²) in [6.45, 7) is 0. The van der Waals surface area contributed by atoms with E-state index in [1.807, 2.05) is 0 Å². The first-order valence-corrected chi connectivity index (χ1v) is 7.16. The Morgan fingerprint density at radius 3 is 2.42 bits per heavy atom. The molecule has 0 fully saturated rings. The zero-order valence-corrected chi connectivity index (χ0v) is 13.3. The Balaban J connectivity index is 2.11. The molecular weight excluding hydrogens is 315 g/mol. The van der Waals surface area contributed by atoms with Crippen LogP contribution < -0.4 is 10.1 Å². The lowest BCUT2D eigenvalue weighted by molar-refractivity contribution is -0.142. The Bertz CT molecular complexity index is 702. The lowest BCUT2D eigenvalue weighted by atomic mass is 10.1. The van der Waals surface area contributed by atoms with Gasteiger partial charge in [-0.25, -0.2) is 14.2 Å². The van der Waals surface area contributed by atoms with E-state index in [0.29, 0.717) is 5.88 Å². The highest BCUT2D eigenvalue weighted by atomic mass is 19.1. The third-order valence-corrected chi connectivity index (χ3v) is 3.34. The molecule has 2 rings (SSSR count). The number of hydrogen-bond donors (Lipinski definition) is 1. The average molecular weight is 332 g/mol. The van der Waals surface area contributed by atoms with Crippen molar-refractivity contribution in [2.45, 2.75) is 12.5 Å². The summed E-state index contributed by atoms with van der Waals surface area (Å²) in [5.74, 6) is -1.07. The summed E-state index contributed by atoms with van der Waals surface area (Å²) in [6.07, 6.45) is 1.76. The number of carbonyl (C=O) groups excluding carboxylic acids is 2. The van der Waals surface area contributed by atoms with Crippen LogP contribution >= 0.6 is 0 Å². The predicted octanol–water partition coefficient (Wildman–Crippen LogP) is 1.74. The molecule has 0 spiro atoms. The van der Waals surface area contributed by atoms with Crippen molar-refractivity contribution in [1.29, 1.82) is 0 Å². The molecule has 1 N–H and O–H groups in total. The molecule has 0 aliphatic rings. The van der Waals surface area contributed by atoms with E-state index in [1.54, 1.807) is 18.3 Å². The maximum atomic E-state index is 12.9. The largest absolute Gasteiger partial charge is 0.481 e. The molecule has 0 radical (unpaired) electrons. The van der Waals surface area contributed by atoms with E-state index in [4.69, 9.17) is 9.47 Å². The van der Waals surface area contributed by atoms with Gasteiger partial charge in [-0.1, -0.05) is 6.07 Å². The van der Waals surface area contributed by atoms with Gasteiger partial charge < -0.3 is 14.8 Å². The molecule has 1 amide bonds. The number of ether oxygens (including phenoxy) is 2. The van der Waals surface area contributed by atoms with Crippen LogP contribution in [0, 0.1) is 5.82 Å². The number of pyridine rings is 1. The molecule has 0 aliphatic heterocycles. The molecule has 0 aliphatic carbocycles. The van der Waals surface area contributed by atoms with Gasteiger partial charge in [0.25, 0.3) is 5.91 Å². The van der Waals surface area contributed by atoms with Crippen molar-refractivity contribution in [2.24, 2.45) is 0 Å². The van der Waals surface area contributed by atoms with Crippen LogP contribution in [-0.4, -0.2) is 37.1 Å². The molecule has 0 saturated carbocycles. The number of rotatable bonds is 6. The Morgan fingerprint density at radius 2 is 1.88 bits per heavy atom. The monoisotopic (exact) mass is 332 g/mol. The van der Waals surface area contributed by atoms with E-state index < -0.39 is 23.7 Å². The highest BCUT2D eigenvalue weighted by Crippen LogP contribution is 2.10. The van der Waals surface area contributed by atoms with Gasteiger partial charge in [-0.05, 0) is 29.8 Å². The summed E-state index contributed by atoms with van der Waals surface area (Å²) in [5, 5.41) is 2.59. The fourth-order valence-electron chi connectivity index (χ4n) is 2.07. The van der Waals surface area contributed by atoms with E-state index in [2.05, 4.69) is 10.3 Å². The number of nitrogens with zero attached hydrogens (tertiary/aromatic N) is 1. The number of aromatic nitrogens is 1. The molecule has 1 aromatic carbocycles. The number of carbonyl (C=O) groups is 2. The molecule has 126 valence electrons. The summed E-state index contributed by atoms with van der Waals surface area (Å²) in [4.78, 5) is 28.2. The topological polar surface area (TPSA) is 77.5 Å². The second-order valence-corrected chi connectivity index (χ2v) is 4.97. The van der Waals surface area contributed by atoms with Crippen LogP contribution in [-0.2, 0) is 16.0 Å². The average Bonchev–Trinajstić information content (AvgIpc) is 2.61. The molecule has 6 nitrogen and oxygen atoms in total. The molecule has 0 unspecified atom stereocenters. The molecule has 24 heavy (non-hydrogen) atoms. The molecule has 0 saturated heterocycles. The van der Waals surface area contributed by atoms with Gasteiger partial charge in [-0.15, -0.1) is 0 Å². The smallest absolute Gasteiger partial charge is 0.328 e. The minimum absolute atomic E-state index is 0.205. The van der Waals surface area contributed by atoms with Gasteiger partial charge in [0.05, 0.1) is 14.2 Å². The number of methoxy groups -OCH3 is 2. The Morgan fingerprint density at radius 1 is 1.17 bits per heavy atom. The van der Waals surface area contributed by atoms with Crippen LogP contribution in [0.5, 0.6) is 5.88 Å². The standard InChI is InChI=1S/C17H17FN2O4/c1-23-15-8-3-11(10-19-15)9-14(17(22)24-2)20-16(21)12-4-6-13(18)7-5-12/h3-8,10,14H,9H2,1-2H3,(H,20,21)/t14-/m1/s1. The van der Waals surface area contributed by atoms with Crippen molar-refractivity contribution in [3.8, 4) is 5.88 Å². The zero-order valence-electron chi connectivity index (χ0n) is 13.3. The van der Waals surface area contributed by atoms with E-state index in [-0.39, 0.29) is 12.0 Å². The maximum Gasteiger partial charge on any atom is 0.328 e. The molecule has 1 atom stereocenters. The number of halogens is 1. The molecule has 0 bridgehead atoms. The molecule has 1 heterocycles. The van der Waals surface area contributed by atoms with Crippen molar-refractivity contribution in [3.63, 3.8) is 0 Å². The SMILES string of the molecule is COC(=O)[C@@H](Cc1ccc(OC)nc1)NC(=O)c1ccc(F)cc1. The van der Waals surface area contributed by atoms with Gasteiger partial charge in [0, 0.05) is 24.2 Å². The van der Waals surface area contributed by atoms with E-state index >= 15 is 0 Å². The van der Waals surface area contributed by atoms with E-state index in [1.165, 1.54) is 38.5 Å². The van der Waals surface area contributed by atoms with Crippen LogP contribution in [0.4, 0.5) is 4.39 Å². The number of nitrogens with one attached hydrogen (secondary N) is 1. The number of benzene rings is 1. The van der Waals surface area contributed by atoms with Gasteiger partial charge in [0.1, 0.15) is 11.9 Å². The summed E-state index contributed by atoms with van der Waals surface area (Å²) >= 11 is 0. The Kier molecular flexibility index (Phi) is 5.83. The third kappa shape index (κ3) is 4.52. The van der Waals surface area contributed by atoms with Crippen LogP contribution in [0.2, 0.25) is 0 Å². The van der Waals surface area contributed by atoms with Crippen LogP contribution in [0.3, 0.4) is 0 Å². The first kappa shape index (κ1) is 17.4. The Labute approximate surface area is 138 Å². The first-order valence-electron chi connectivity index (χ1n) is 7.16. The molecule has 2 aromatic rings. The van der Waals surface area contributed by atoms with Gasteiger partial charge in [0.2, 0.25) is 5.88 Å². The van der Waals surface area contributed by atoms with Crippen molar-refractivity contribution < 1.29 is 23.5 Å². The van der Waals surface area contributed by atoms with Crippen LogP contribution in [0.1, 0.15) is 15.9 Å². The second-order valence-electron chi connectivity index (χ2n) is 4.97. The molecule has 1 aromatic heterocycles. The van der Waals surface area contributed by atoms with E-state index in [9.17, 15) is 14.0 Å². The summed E-state index contributed by atoms with van der Waals surface area (Å²) in [6, 6.07) is 7.55. The van der Waals surface area contributed by atoms with E-state index in [0.717, 1.165) is 5.56 Å². The highest BCUT2D eigenvalue weighted by molar-refractivity contribution is 5.96. The third-order valence-electron chi connectivity index (χ3n) is 3.34. The van der Waals surface area contributed by atoms with Crippen molar-refractivity contribution in [1.82, 2.24) is 10.3 Å². The van der Waals surface area contributed by atoms with Crippen LogP contribution in [0.15, 0.2) is 42.6 Å². The van der Waals surface area contributed by atoms with Gasteiger partial charge in [0.15, 0.2) is 0 Å². The Hall–Kier alpha value is -2.96. The van der Waals surface area contributed by atoms with Crippen molar-refractivity contribution in [3.05, 3.63) is 59.5 Å². The number of amides is 1. The summed E-state index contributed by atoms with van der Waals surface area (Å²) in [7, 11) is 2.74. The quantitative estimate of drug-likeness (QED) is 0.816. The van der Waals surface area contributed by atoms with Crippen LogP contribution in [0.25, 0.3) is 0 Å². The zero-order chi connectivity index (χ0) is 17.5. The molecule has 7 heteroatoms. The van der Waals surface area contributed by atoms with Gasteiger partial charge in [-0.2, -0.15) is 0 Å². The fourth-order valence-corrected chi connectivity index (χ4v) is 2.07. The fraction of sp³-hybridized carbons (Fsp3) is 0.235. The minimum Gasteiger partial charge on any atom is -0.481 e. The van der Waals surface area contributed by atoms with Crippen molar-refractivity contribution >= 4 is 11.9 Å². The predicted molar refractivity (Wildman–Crippen MR) is 84.2 cm³/mol. The number of esters is 1. The summed E-state index contributed by atoms with van der Waals surface area (Å²) in [5.41, 5.74) is 0.976. The van der Waals surface area contributed by atoms with Gasteiger partial charge in [-0.3, -0.25) is 4.79 Å². The summed E-state index contributed by atoms with van der Waals surface area (Å²) < 4.78 is 22.6.